The molecular weight excluding hydrogens is 478 g/mol. The van der Waals surface area contributed by atoms with E-state index in [-0.39, 0.29) is 11.8 Å². The summed E-state index contributed by atoms with van der Waals surface area (Å²) < 4.78 is 10.9. The maximum Gasteiger partial charge on any atom is 0.241 e. The average molecular weight is 510 g/mol. The number of likely N-dealkylation sites (tertiary alicyclic amines) is 1. The quantitative estimate of drug-likeness (QED) is 0.495. The maximum absolute atomic E-state index is 12.9. The number of rotatable bonds is 8. The monoisotopic (exact) mass is 509 g/mol. The number of benzene rings is 2. The van der Waals surface area contributed by atoms with E-state index in [9.17, 15) is 4.79 Å². The van der Waals surface area contributed by atoms with E-state index in [2.05, 4.69) is 43.5 Å². The first-order valence-electron chi connectivity index (χ1n) is 12.6. The molecule has 0 saturated carbocycles. The number of ether oxygens (including phenoxy) is 1. The van der Waals surface area contributed by atoms with Crippen LogP contribution in [0.1, 0.15) is 29.9 Å². The first-order valence-corrected chi connectivity index (χ1v) is 13.0. The van der Waals surface area contributed by atoms with Gasteiger partial charge in [0.2, 0.25) is 17.6 Å². The van der Waals surface area contributed by atoms with Gasteiger partial charge in [-0.1, -0.05) is 53.2 Å². The highest BCUT2D eigenvalue weighted by Crippen LogP contribution is 2.26. The zero-order chi connectivity index (χ0) is 24.7. The minimum Gasteiger partial charge on any atom is -0.379 e. The molecule has 0 atom stereocenters. The fourth-order valence-electron chi connectivity index (χ4n) is 4.83. The number of carbonyl (C=O) groups excluding carboxylic acids is 1. The summed E-state index contributed by atoms with van der Waals surface area (Å²) in [5.74, 6) is 1.21. The zero-order valence-corrected chi connectivity index (χ0v) is 21.1. The summed E-state index contributed by atoms with van der Waals surface area (Å²) in [5, 5.41) is 7.86. The van der Waals surface area contributed by atoms with Crippen molar-refractivity contribution in [2.24, 2.45) is 5.92 Å². The predicted molar refractivity (Wildman–Crippen MR) is 137 cm³/mol. The Bertz CT molecular complexity index is 1160. The molecular formula is C27H32ClN5O3. The molecule has 3 heterocycles. The lowest BCUT2D eigenvalue weighted by atomic mass is 9.95. The number of hydrogen-bond acceptors (Lipinski definition) is 7. The fraction of sp³-hybridized carbons (Fsp3) is 0.444. The van der Waals surface area contributed by atoms with Crippen LogP contribution in [0, 0.1) is 5.92 Å². The molecule has 190 valence electrons. The second-order valence-corrected chi connectivity index (χ2v) is 9.82. The molecule has 2 saturated heterocycles. The Balaban J connectivity index is 1.09. The van der Waals surface area contributed by atoms with Crippen LogP contribution in [0.15, 0.2) is 53.1 Å². The lowest BCUT2D eigenvalue weighted by Gasteiger charge is -2.30. The smallest absolute Gasteiger partial charge is 0.241 e. The van der Waals surface area contributed by atoms with Gasteiger partial charge in [-0.15, -0.1) is 0 Å². The van der Waals surface area contributed by atoms with E-state index >= 15 is 0 Å². The van der Waals surface area contributed by atoms with E-state index in [1.807, 2.05) is 30.3 Å². The minimum absolute atomic E-state index is 0.0222. The van der Waals surface area contributed by atoms with Crippen molar-refractivity contribution in [3.63, 3.8) is 0 Å². The summed E-state index contributed by atoms with van der Waals surface area (Å²) in [6, 6.07) is 15.8. The summed E-state index contributed by atoms with van der Waals surface area (Å²) in [6.45, 7) is 7.12. The molecule has 1 N–H and O–H groups in total. The number of halogens is 1. The number of hydrogen-bond donors (Lipinski definition) is 1. The largest absolute Gasteiger partial charge is 0.379 e. The second kappa shape index (κ2) is 12.0. The number of amides is 1. The number of carbonyl (C=O) groups is 1. The van der Waals surface area contributed by atoms with Crippen molar-refractivity contribution in [3.05, 3.63) is 70.6 Å². The van der Waals surface area contributed by atoms with Crippen molar-refractivity contribution in [1.29, 1.82) is 0 Å². The number of aromatic nitrogens is 2. The van der Waals surface area contributed by atoms with Crippen LogP contribution in [-0.2, 0) is 29.2 Å². The van der Waals surface area contributed by atoms with Crippen molar-refractivity contribution in [2.75, 3.05) is 39.4 Å². The van der Waals surface area contributed by atoms with Gasteiger partial charge in [0.05, 0.1) is 24.8 Å². The summed E-state index contributed by atoms with van der Waals surface area (Å²) in [7, 11) is 0. The first kappa shape index (κ1) is 24.9. The Kier molecular flexibility index (Phi) is 8.28. The third kappa shape index (κ3) is 6.31. The summed E-state index contributed by atoms with van der Waals surface area (Å²) >= 11 is 6.25. The number of nitrogens with one attached hydrogen (secondary N) is 1. The van der Waals surface area contributed by atoms with E-state index < -0.39 is 0 Å². The van der Waals surface area contributed by atoms with Crippen LogP contribution < -0.4 is 5.32 Å². The molecule has 5 rings (SSSR count). The van der Waals surface area contributed by atoms with E-state index in [0.29, 0.717) is 29.8 Å². The highest BCUT2D eigenvalue weighted by molar-refractivity contribution is 6.33. The average Bonchev–Trinajstić information content (AvgIpc) is 3.37. The molecule has 0 radical (unpaired) electrons. The predicted octanol–water partition coefficient (Wildman–Crippen LogP) is 3.75. The number of piperidine rings is 1. The Morgan fingerprint density at radius 2 is 1.64 bits per heavy atom. The molecule has 0 bridgehead atoms. The second-order valence-electron chi connectivity index (χ2n) is 9.42. The molecule has 0 spiro atoms. The lowest BCUT2D eigenvalue weighted by molar-refractivity contribution is -0.126. The summed E-state index contributed by atoms with van der Waals surface area (Å²) in [5.41, 5.74) is 3.21. The molecule has 8 nitrogen and oxygen atoms in total. The molecule has 36 heavy (non-hydrogen) atoms. The van der Waals surface area contributed by atoms with Gasteiger partial charge in [0, 0.05) is 37.7 Å². The van der Waals surface area contributed by atoms with Gasteiger partial charge >= 0.3 is 0 Å². The van der Waals surface area contributed by atoms with E-state index in [0.717, 1.165) is 64.3 Å². The van der Waals surface area contributed by atoms with Gasteiger partial charge in [-0.25, -0.2) is 0 Å². The van der Waals surface area contributed by atoms with Gasteiger partial charge in [-0.3, -0.25) is 14.6 Å². The van der Waals surface area contributed by atoms with E-state index in [1.165, 1.54) is 11.1 Å². The molecule has 9 heteroatoms. The van der Waals surface area contributed by atoms with Gasteiger partial charge in [-0.05, 0) is 49.2 Å². The SMILES string of the molecule is O=C(NCc1ccccc1CN1CCOCC1)C1CCN(Cc2nc(-c3ccccc3Cl)no2)CC1. The van der Waals surface area contributed by atoms with E-state index in [4.69, 9.17) is 20.9 Å². The third-order valence-corrected chi connectivity index (χ3v) is 7.30. The normalized spacial score (nSPS) is 17.8. The van der Waals surface area contributed by atoms with Gasteiger partial charge < -0.3 is 14.6 Å². The van der Waals surface area contributed by atoms with Crippen LogP contribution in [0.3, 0.4) is 0 Å². The number of nitrogens with zero attached hydrogens (tertiary/aromatic N) is 4. The zero-order valence-electron chi connectivity index (χ0n) is 20.4. The highest BCUT2D eigenvalue weighted by atomic mass is 35.5. The van der Waals surface area contributed by atoms with Gasteiger partial charge in [0.1, 0.15) is 0 Å². The highest BCUT2D eigenvalue weighted by Gasteiger charge is 2.26. The lowest BCUT2D eigenvalue weighted by Crippen LogP contribution is -2.40. The number of morpholine rings is 1. The van der Waals surface area contributed by atoms with Crippen molar-refractivity contribution in [1.82, 2.24) is 25.3 Å². The standard InChI is InChI=1S/C27H32ClN5O3/c28-24-8-4-3-7-23(24)26-30-25(36-31-26)19-32-11-9-20(10-12-32)27(34)29-17-21-5-1-2-6-22(21)18-33-13-15-35-16-14-33/h1-8,20H,9-19H2,(H,29,34). The fourth-order valence-corrected chi connectivity index (χ4v) is 5.05. The van der Waals surface area contributed by atoms with Crippen molar-refractivity contribution < 1.29 is 14.1 Å². The summed E-state index contributed by atoms with van der Waals surface area (Å²) in [6.07, 6.45) is 1.62. The first-order chi connectivity index (χ1) is 17.7. The Hall–Kier alpha value is -2.78. The molecule has 1 amide bonds. The molecule has 3 aromatic rings. The van der Waals surface area contributed by atoms with Crippen LogP contribution in [0.5, 0.6) is 0 Å². The van der Waals surface area contributed by atoms with Crippen molar-refractivity contribution in [2.45, 2.75) is 32.5 Å². The van der Waals surface area contributed by atoms with Gasteiger partial charge in [-0.2, -0.15) is 4.98 Å². The van der Waals surface area contributed by atoms with Crippen LogP contribution in [0.4, 0.5) is 0 Å². The van der Waals surface area contributed by atoms with Crippen molar-refractivity contribution >= 4 is 17.5 Å². The van der Waals surface area contributed by atoms with Gasteiger partial charge in [0.15, 0.2) is 0 Å². The van der Waals surface area contributed by atoms with Crippen LogP contribution in [0.25, 0.3) is 11.4 Å². The molecule has 2 aliphatic heterocycles. The molecule has 2 aliphatic rings. The van der Waals surface area contributed by atoms with Gasteiger partial charge in [0.25, 0.3) is 0 Å². The Morgan fingerprint density at radius 3 is 2.42 bits per heavy atom. The van der Waals surface area contributed by atoms with E-state index in [1.54, 1.807) is 0 Å². The molecule has 1 aromatic heterocycles. The topological polar surface area (TPSA) is 83.7 Å². The third-order valence-electron chi connectivity index (χ3n) is 6.97. The van der Waals surface area contributed by atoms with Crippen LogP contribution in [0.2, 0.25) is 5.02 Å². The molecule has 0 aliphatic carbocycles. The van der Waals surface area contributed by atoms with Crippen LogP contribution in [-0.4, -0.2) is 65.2 Å². The molecule has 2 aromatic carbocycles. The van der Waals surface area contributed by atoms with Crippen molar-refractivity contribution in [3.8, 4) is 11.4 Å². The molecule has 2 fully saturated rings. The Morgan fingerprint density at radius 1 is 0.944 bits per heavy atom. The Labute approximate surface area is 216 Å². The minimum atomic E-state index is 0.0222. The molecule has 0 unspecified atom stereocenters. The maximum atomic E-state index is 12.9. The summed E-state index contributed by atoms with van der Waals surface area (Å²) in [4.78, 5) is 22.1. The van der Waals surface area contributed by atoms with Crippen LogP contribution >= 0.6 is 11.6 Å².